The third kappa shape index (κ3) is 4.45. The molecule has 1 atom stereocenters. The van der Waals surface area contributed by atoms with Gasteiger partial charge in [-0.3, -0.25) is 4.79 Å². The first-order valence-corrected chi connectivity index (χ1v) is 5.98. The van der Waals surface area contributed by atoms with Gasteiger partial charge < -0.3 is 16.3 Å². The normalized spacial score (nSPS) is 13.1. The lowest BCUT2D eigenvalue weighted by Gasteiger charge is -2.15. The molecule has 0 radical (unpaired) electrons. The van der Waals surface area contributed by atoms with Crippen molar-refractivity contribution in [2.45, 2.75) is 32.2 Å². The fraction of sp³-hybridized carbons (Fsp3) is 0.385. The van der Waals surface area contributed by atoms with Crippen LogP contribution in [0.1, 0.15) is 25.3 Å². The lowest BCUT2D eigenvalue weighted by atomic mass is 10.1. The quantitative estimate of drug-likeness (QED) is 0.307. The van der Waals surface area contributed by atoms with E-state index in [9.17, 15) is 4.79 Å². The van der Waals surface area contributed by atoms with E-state index in [1.165, 1.54) is 0 Å². The first-order chi connectivity index (χ1) is 8.67. The van der Waals surface area contributed by atoms with Crippen molar-refractivity contribution in [3.8, 4) is 0 Å². The van der Waals surface area contributed by atoms with Crippen LogP contribution in [-0.4, -0.2) is 23.0 Å². The molecular weight excluding hydrogens is 230 g/mol. The Bertz CT molecular complexity index is 404. The maximum atomic E-state index is 11.7. The highest BCUT2D eigenvalue weighted by Gasteiger charge is 2.14. The van der Waals surface area contributed by atoms with E-state index in [-0.39, 0.29) is 11.7 Å². The summed E-state index contributed by atoms with van der Waals surface area (Å²) in [4.78, 5) is 11.7. The zero-order chi connectivity index (χ0) is 13.4. The standard InChI is InChI=1S/C13H19N3O2/c1-2-11(13(14)16-18)15-12(17)9-8-10-6-4-3-5-7-10/h3-7,11,18H,2,8-9H2,1H3,(H2,14,16)(H,15,17). The van der Waals surface area contributed by atoms with Crippen molar-refractivity contribution in [1.29, 1.82) is 0 Å². The van der Waals surface area contributed by atoms with Crippen LogP contribution in [0.25, 0.3) is 0 Å². The van der Waals surface area contributed by atoms with Crippen LogP contribution in [0.3, 0.4) is 0 Å². The number of oxime groups is 1. The van der Waals surface area contributed by atoms with Crippen molar-refractivity contribution >= 4 is 11.7 Å². The topological polar surface area (TPSA) is 87.7 Å². The Balaban J connectivity index is 2.42. The zero-order valence-corrected chi connectivity index (χ0v) is 10.5. The fourth-order valence-corrected chi connectivity index (χ4v) is 1.62. The molecule has 0 bridgehead atoms. The molecule has 0 aliphatic heterocycles. The van der Waals surface area contributed by atoms with E-state index in [0.717, 1.165) is 5.56 Å². The average molecular weight is 249 g/mol. The molecule has 1 rings (SSSR count). The summed E-state index contributed by atoms with van der Waals surface area (Å²) in [5.74, 6) is -0.0668. The second-order valence-corrected chi connectivity index (χ2v) is 4.04. The summed E-state index contributed by atoms with van der Waals surface area (Å²) in [7, 11) is 0. The van der Waals surface area contributed by atoms with Crippen molar-refractivity contribution in [3.05, 3.63) is 35.9 Å². The van der Waals surface area contributed by atoms with Gasteiger partial charge in [0.2, 0.25) is 5.91 Å². The first kappa shape index (κ1) is 14.0. The number of rotatable bonds is 6. The van der Waals surface area contributed by atoms with Crippen molar-refractivity contribution in [2.24, 2.45) is 10.9 Å². The minimum absolute atomic E-state index is 0.0329. The molecular formula is C13H19N3O2. The first-order valence-electron chi connectivity index (χ1n) is 5.98. The fourth-order valence-electron chi connectivity index (χ4n) is 1.62. The number of nitrogens with two attached hydrogens (primary N) is 1. The largest absolute Gasteiger partial charge is 0.409 e. The second-order valence-electron chi connectivity index (χ2n) is 4.04. The molecule has 1 amide bonds. The number of carbonyl (C=O) groups excluding carboxylic acids is 1. The predicted molar refractivity (Wildman–Crippen MR) is 70.4 cm³/mol. The maximum Gasteiger partial charge on any atom is 0.220 e. The van der Waals surface area contributed by atoms with Gasteiger partial charge in [0.25, 0.3) is 0 Å². The Labute approximate surface area is 107 Å². The van der Waals surface area contributed by atoms with E-state index in [1.54, 1.807) is 0 Å². The molecule has 0 spiro atoms. The molecule has 0 heterocycles. The predicted octanol–water partition coefficient (Wildman–Crippen LogP) is 1.26. The van der Waals surface area contributed by atoms with Crippen LogP contribution in [0.15, 0.2) is 35.5 Å². The molecule has 1 aromatic rings. The van der Waals surface area contributed by atoms with Gasteiger partial charge in [0, 0.05) is 6.42 Å². The Morgan fingerprint density at radius 3 is 2.67 bits per heavy atom. The Morgan fingerprint density at radius 1 is 1.44 bits per heavy atom. The lowest BCUT2D eigenvalue weighted by Crippen LogP contribution is -2.44. The summed E-state index contributed by atoms with van der Waals surface area (Å²) >= 11 is 0. The molecule has 5 nitrogen and oxygen atoms in total. The van der Waals surface area contributed by atoms with Gasteiger partial charge in [0.1, 0.15) is 0 Å². The number of benzene rings is 1. The van der Waals surface area contributed by atoms with Crippen LogP contribution in [0.4, 0.5) is 0 Å². The number of aryl methyl sites for hydroxylation is 1. The van der Waals surface area contributed by atoms with E-state index in [1.807, 2.05) is 37.3 Å². The summed E-state index contributed by atoms with van der Waals surface area (Å²) in [6.45, 7) is 1.86. The second kappa shape index (κ2) is 7.32. The van der Waals surface area contributed by atoms with Crippen LogP contribution in [-0.2, 0) is 11.2 Å². The molecule has 0 aromatic heterocycles. The average Bonchev–Trinajstić information content (AvgIpc) is 2.42. The van der Waals surface area contributed by atoms with Crippen molar-refractivity contribution in [2.75, 3.05) is 0 Å². The molecule has 0 aliphatic rings. The SMILES string of the molecule is CCC(NC(=O)CCc1ccccc1)/C(N)=N/O. The number of amides is 1. The number of hydrogen-bond donors (Lipinski definition) is 3. The van der Waals surface area contributed by atoms with Gasteiger partial charge in [-0.2, -0.15) is 0 Å². The van der Waals surface area contributed by atoms with Gasteiger partial charge in [-0.05, 0) is 18.4 Å². The Morgan fingerprint density at radius 2 is 2.11 bits per heavy atom. The zero-order valence-electron chi connectivity index (χ0n) is 10.5. The monoisotopic (exact) mass is 249 g/mol. The molecule has 4 N–H and O–H groups in total. The molecule has 18 heavy (non-hydrogen) atoms. The van der Waals surface area contributed by atoms with E-state index < -0.39 is 6.04 Å². The third-order valence-electron chi connectivity index (χ3n) is 2.70. The summed E-state index contributed by atoms with van der Waals surface area (Å²) < 4.78 is 0. The summed E-state index contributed by atoms with van der Waals surface area (Å²) in [5, 5.41) is 14.2. The van der Waals surface area contributed by atoms with Gasteiger partial charge in [-0.15, -0.1) is 0 Å². The minimum atomic E-state index is -0.404. The van der Waals surface area contributed by atoms with Crippen molar-refractivity contribution in [3.63, 3.8) is 0 Å². The number of hydrogen-bond acceptors (Lipinski definition) is 3. The Kier molecular flexibility index (Phi) is 5.70. The number of nitrogens with one attached hydrogen (secondary N) is 1. The summed E-state index contributed by atoms with van der Waals surface area (Å²) in [6, 6.07) is 9.38. The van der Waals surface area contributed by atoms with Crippen LogP contribution in [0, 0.1) is 0 Å². The summed E-state index contributed by atoms with van der Waals surface area (Å²) in [6.07, 6.45) is 1.66. The van der Waals surface area contributed by atoms with Gasteiger partial charge in [0.15, 0.2) is 5.84 Å². The summed E-state index contributed by atoms with van der Waals surface area (Å²) in [5.41, 5.74) is 6.58. The number of nitrogens with zero attached hydrogens (tertiary/aromatic N) is 1. The minimum Gasteiger partial charge on any atom is -0.409 e. The van der Waals surface area contributed by atoms with E-state index in [4.69, 9.17) is 10.9 Å². The number of amidine groups is 1. The van der Waals surface area contributed by atoms with Gasteiger partial charge in [-0.25, -0.2) is 0 Å². The smallest absolute Gasteiger partial charge is 0.220 e. The molecule has 0 fully saturated rings. The highest BCUT2D eigenvalue weighted by molar-refractivity contribution is 5.89. The van der Waals surface area contributed by atoms with Gasteiger partial charge in [0.05, 0.1) is 6.04 Å². The van der Waals surface area contributed by atoms with Crippen LogP contribution < -0.4 is 11.1 Å². The highest BCUT2D eigenvalue weighted by atomic mass is 16.4. The maximum absolute atomic E-state index is 11.7. The molecule has 1 aromatic carbocycles. The third-order valence-corrected chi connectivity index (χ3v) is 2.70. The molecule has 5 heteroatoms. The molecule has 0 saturated carbocycles. The molecule has 1 unspecified atom stereocenters. The van der Waals surface area contributed by atoms with Crippen molar-refractivity contribution < 1.29 is 10.0 Å². The molecule has 0 aliphatic carbocycles. The van der Waals surface area contributed by atoms with Crippen molar-refractivity contribution in [1.82, 2.24) is 5.32 Å². The highest BCUT2D eigenvalue weighted by Crippen LogP contribution is 2.02. The molecule has 98 valence electrons. The van der Waals surface area contributed by atoms with Gasteiger partial charge >= 0.3 is 0 Å². The van der Waals surface area contributed by atoms with E-state index >= 15 is 0 Å². The number of carbonyl (C=O) groups is 1. The van der Waals surface area contributed by atoms with Crippen LogP contribution >= 0.6 is 0 Å². The van der Waals surface area contributed by atoms with Crippen LogP contribution in [0.2, 0.25) is 0 Å². The van der Waals surface area contributed by atoms with E-state index in [2.05, 4.69) is 10.5 Å². The lowest BCUT2D eigenvalue weighted by molar-refractivity contribution is -0.121. The van der Waals surface area contributed by atoms with Gasteiger partial charge in [-0.1, -0.05) is 42.4 Å². The van der Waals surface area contributed by atoms with Crippen LogP contribution in [0.5, 0.6) is 0 Å². The Hall–Kier alpha value is -2.04. The molecule has 0 saturated heterocycles. The van der Waals surface area contributed by atoms with E-state index in [0.29, 0.717) is 19.3 Å².